The highest BCUT2D eigenvalue weighted by molar-refractivity contribution is 6.31. The maximum absolute atomic E-state index is 6.03. The molecule has 0 bridgehead atoms. The van der Waals surface area contributed by atoms with Gasteiger partial charge in [-0.2, -0.15) is 0 Å². The van der Waals surface area contributed by atoms with Crippen molar-refractivity contribution in [1.82, 2.24) is 9.38 Å². The Labute approximate surface area is 122 Å². The third kappa shape index (κ3) is 2.42. The van der Waals surface area contributed by atoms with E-state index < -0.39 is 0 Å². The Morgan fingerprint density at radius 3 is 2.95 bits per heavy atom. The summed E-state index contributed by atoms with van der Waals surface area (Å²) < 4.78 is 2.00. The van der Waals surface area contributed by atoms with E-state index in [1.165, 1.54) is 0 Å². The summed E-state index contributed by atoms with van der Waals surface area (Å²) in [6, 6.07) is 11.4. The van der Waals surface area contributed by atoms with Crippen molar-refractivity contribution in [2.45, 2.75) is 6.54 Å². The van der Waals surface area contributed by atoms with Gasteiger partial charge in [-0.15, -0.1) is 0 Å². The fourth-order valence-corrected chi connectivity index (χ4v) is 2.41. The molecule has 20 heavy (non-hydrogen) atoms. The summed E-state index contributed by atoms with van der Waals surface area (Å²) in [6.07, 6.45) is 4.01. The van der Waals surface area contributed by atoms with Crippen LogP contribution in [0.3, 0.4) is 0 Å². The lowest BCUT2D eigenvalue weighted by molar-refractivity contribution is 0.897. The molecule has 3 rings (SSSR count). The number of rotatable bonds is 3. The molecule has 2 N–H and O–H groups in total. The SMILES string of the molecule is CN(Cc1cn2ccccc2n1)c1cc(Cl)ccc1N. The highest BCUT2D eigenvalue weighted by Gasteiger charge is 2.09. The molecular weight excluding hydrogens is 272 g/mol. The van der Waals surface area contributed by atoms with Crippen LogP contribution < -0.4 is 10.6 Å². The maximum atomic E-state index is 6.03. The minimum atomic E-state index is 0.673. The highest BCUT2D eigenvalue weighted by Crippen LogP contribution is 2.27. The van der Waals surface area contributed by atoms with Crippen LogP contribution in [0.2, 0.25) is 5.02 Å². The molecule has 0 radical (unpaired) electrons. The van der Waals surface area contributed by atoms with Gasteiger partial charge < -0.3 is 15.0 Å². The summed E-state index contributed by atoms with van der Waals surface area (Å²) in [5.74, 6) is 0. The van der Waals surface area contributed by atoms with Gasteiger partial charge in [0.1, 0.15) is 5.65 Å². The minimum Gasteiger partial charge on any atom is -0.397 e. The number of benzene rings is 1. The summed E-state index contributed by atoms with van der Waals surface area (Å²) in [7, 11) is 1.98. The van der Waals surface area contributed by atoms with E-state index in [-0.39, 0.29) is 0 Å². The molecule has 102 valence electrons. The molecule has 0 aliphatic heterocycles. The van der Waals surface area contributed by atoms with E-state index in [1.54, 1.807) is 6.07 Å². The van der Waals surface area contributed by atoms with Crippen LogP contribution in [0.15, 0.2) is 48.8 Å². The second-order valence-electron chi connectivity index (χ2n) is 4.76. The minimum absolute atomic E-state index is 0.673. The van der Waals surface area contributed by atoms with E-state index in [0.29, 0.717) is 17.3 Å². The Balaban J connectivity index is 1.88. The number of fused-ring (bicyclic) bond motifs is 1. The van der Waals surface area contributed by atoms with Gasteiger partial charge in [0.25, 0.3) is 0 Å². The maximum Gasteiger partial charge on any atom is 0.137 e. The smallest absolute Gasteiger partial charge is 0.137 e. The predicted octanol–water partition coefficient (Wildman–Crippen LogP) is 3.21. The van der Waals surface area contributed by atoms with Gasteiger partial charge in [-0.3, -0.25) is 0 Å². The molecule has 4 nitrogen and oxygen atoms in total. The number of pyridine rings is 1. The molecule has 0 atom stereocenters. The zero-order chi connectivity index (χ0) is 14.1. The predicted molar refractivity (Wildman–Crippen MR) is 83.2 cm³/mol. The van der Waals surface area contributed by atoms with E-state index in [0.717, 1.165) is 17.0 Å². The topological polar surface area (TPSA) is 46.6 Å². The van der Waals surface area contributed by atoms with Crippen molar-refractivity contribution in [3.63, 3.8) is 0 Å². The first-order valence-electron chi connectivity index (χ1n) is 6.32. The van der Waals surface area contributed by atoms with Crippen molar-refractivity contribution in [3.8, 4) is 0 Å². The van der Waals surface area contributed by atoms with Gasteiger partial charge in [-0.05, 0) is 30.3 Å². The van der Waals surface area contributed by atoms with Crippen LogP contribution in [-0.4, -0.2) is 16.4 Å². The number of nitrogens with two attached hydrogens (primary N) is 1. The lowest BCUT2D eigenvalue weighted by atomic mass is 10.2. The van der Waals surface area contributed by atoms with Crippen molar-refractivity contribution < 1.29 is 0 Å². The molecule has 0 fully saturated rings. The zero-order valence-corrected chi connectivity index (χ0v) is 11.9. The Morgan fingerprint density at radius 1 is 1.30 bits per heavy atom. The second kappa shape index (κ2) is 5.06. The number of hydrogen-bond acceptors (Lipinski definition) is 3. The Hall–Kier alpha value is -2.20. The Kier molecular flexibility index (Phi) is 3.24. The molecule has 0 spiro atoms. The van der Waals surface area contributed by atoms with Crippen molar-refractivity contribution in [2.24, 2.45) is 0 Å². The van der Waals surface area contributed by atoms with Crippen molar-refractivity contribution >= 4 is 28.6 Å². The standard InChI is InChI=1S/C15H15ClN4/c1-19(14-8-11(16)5-6-13(14)17)9-12-10-20-7-3-2-4-15(20)18-12/h2-8,10H,9,17H2,1H3. The van der Waals surface area contributed by atoms with E-state index in [4.69, 9.17) is 17.3 Å². The number of anilines is 2. The Bertz CT molecular complexity index is 717. The molecule has 3 aromatic rings. The average Bonchev–Trinajstić information content (AvgIpc) is 2.83. The van der Waals surface area contributed by atoms with Gasteiger partial charge in [0, 0.05) is 24.5 Å². The van der Waals surface area contributed by atoms with Crippen molar-refractivity contribution in [3.05, 3.63) is 59.5 Å². The lowest BCUT2D eigenvalue weighted by Crippen LogP contribution is -2.18. The van der Waals surface area contributed by atoms with Crippen LogP contribution >= 0.6 is 11.6 Å². The van der Waals surface area contributed by atoms with Gasteiger partial charge in [-0.25, -0.2) is 4.98 Å². The average molecular weight is 287 g/mol. The molecule has 2 aromatic heterocycles. The molecule has 0 amide bonds. The van der Waals surface area contributed by atoms with E-state index in [1.807, 2.05) is 59.1 Å². The number of imidazole rings is 1. The van der Waals surface area contributed by atoms with Crippen LogP contribution in [0, 0.1) is 0 Å². The summed E-state index contributed by atoms with van der Waals surface area (Å²) >= 11 is 6.03. The first-order chi connectivity index (χ1) is 9.63. The fraction of sp³-hybridized carbons (Fsp3) is 0.133. The number of nitrogen functional groups attached to an aromatic ring is 1. The molecule has 0 saturated heterocycles. The van der Waals surface area contributed by atoms with Crippen LogP contribution in [-0.2, 0) is 6.54 Å². The van der Waals surface area contributed by atoms with E-state index in [2.05, 4.69) is 4.98 Å². The fourth-order valence-electron chi connectivity index (χ4n) is 2.24. The first kappa shape index (κ1) is 12.8. The van der Waals surface area contributed by atoms with Gasteiger partial charge in [0.05, 0.1) is 23.6 Å². The molecule has 0 aliphatic carbocycles. The molecule has 1 aromatic carbocycles. The molecule has 2 heterocycles. The first-order valence-corrected chi connectivity index (χ1v) is 6.70. The second-order valence-corrected chi connectivity index (χ2v) is 5.19. The normalized spacial score (nSPS) is 10.9. The van der Waals surface area contributed by atoms with Crippen LogP contribution in [0.25, 0.3) is 5.65 Å². The molecule has 5 heteroatoms. The molecule has 0 aliphatic rings. The Morgan fingerprint density at radius 2 is 2.15 bits per heavy atom. The molecule has 0 unspecified atom stereocenters. The van der Waals surface area contributed by atoms with Crippen LogP contribution in [0.5, 0.6) is 0 Å². The zero-order valence-electron chi connectivity index (χ0n) is 11.1. The number of hydrogen-bond donors (Lipinski definition) is 1. The molecule has 0 saturated carbocycles. The van der Waals surface area contributed by atoms with Crippen LogP contribution in [0.1, 0.15) is 5.69 Å². The highest BCUT2D eigenvalue weighted by atomic mass is 35.5. The number of halogens is 1. The third-order valence-corrected chi connectivity index (χ3v) is 3.45. The van der Waals surface area contributed by atoms with Gasteiger partial charge >= 0.3 is 0 Å². The summed E-state index contributed by atoms with van der Waals surface area (Å²) in [4.78, 5) is 6.62. The van der Waals surface area contributed by atoms with Gasteiger partial charge in [0.15, 0.2) is 0 Å². The van der Waals surface area contributed by atoms with Crippen molar-refractivity contribution in [2.75, 3.05) is 17.7 Å². The van der Waals surface area contributed by atoms with Crippen molar-refractivity contribution in [1.29, 1.82) is 0 Å². The quantitative estimate of drug-likeness (QED) is 0.752. The largest absolute Gasteiger partial charge is 0.397 e. The van der Waals surface area contributed by atoms with Crippen LogP contribution in [0.4, 0.5) is 11.4 Å². The number of aromatic nitrogens is 2. The van der Waals surface area contributed by atoms with Gasteiger partial charge in [-0.1, -0.05) is 17.7 Å². The van der Waals surface area contributed by atoms with E-state index >= 15 is 0 Å². The number of nitrogens with zero attached hydrogens (tertiary/aromatic N) is 3. The summed E-state index contributed by atoms with van der Waals surface area (Å²) in [5, 5.41) is 0.677. The molecular formula is C15H15ClN4. The van der Waals surface area contributed by atoms with E-state index in [9.17, 15) is 0 Å². The van der Waals surface area contributed by atoms with Gasteiger partial charge in [0.2, 0.25) is 0 Å². The monoisotopic (exact) mass is 286 g/mol. The summed E-state index contributed by atoms with van der Waals surface area (Å²) in [6.45, 7) is 0.673. The lowest BCUT2D eigenvalue weighted by Gasteiger charge is -2.20. The third-order valence-electron chi connectivity index (χ3n) is 3.22. The summed E-state index contributed by atoms with van der Waals surface area (Å²) in [5.41, 5.74) is 9.54.